The zero-order chi connectivity index (χ0) is 6.53. The summed E-state index contributed by atoms with van der Waals surface area (Å²) in [6.07, 6.45) is 3.91. The molecule has 0 atom stereocenters. The van der Waals surface area contributed by atoms with Gasteiger partial charge < -0.3 is 0 Å². The predicted octanol–water partition coefficient (Wildman–Crippen LogP) is 1.73. The molecule has 0 aliphatic rings. The van der Waals surface area contributed by atoms with E-state index in [1.165, 1.54) is 24.0 Å². The predicted molar refractivity (Wildman–Crippen MR) is 46.0 cm³/mol. The van der Waals surface area contributed by atoms with Gasteiger partial charge in [0.25, 0.3) is 0 Å². The molecule has 0 nitrogen and oxygen atoms in total. The molecule has 0 saturated carbocycles. The molecule has 1 rings (SSSR count). The minimum atomic E-state index is 1.27. The highest BCUT2D eigenvalue weighted by atomic mass is 32.1. The molecule has 0 bridgehead atoms. The third-order valence-electron chi connectivity index (χ3n) is 1.36. The van der Waals surface area contributed by atoms with Crippen molar-refractivity contribution in [2.75, 3.05) is 0 Å². The van der Waals surface area contributed by atoms with Crippen LogP contribution >= 0.6 is 11.3 Å². The van der Waals surface area contributed by atoms with E-state index >= 15 is 0 Å². The van der Waals surface area contributed by atoms with Crippen LogP contribution < -0.4 is 0 Å². The number of hydrogen-bond donors (Lipinski definition) is 0. The third-order valence-corrected chi connectivity index (χ3v) is 2.29. The molecule has 1 aromatic heterocycles. The molecule has 0 aliphatic heterocycles. The van der Waals surface area contributed by atoms with Crippen LogP contribution in [0.5, 0.6) is 0 Å². The second-order valence-corrected chi connectivity index (χ2v) is 3.22. The highest BCUT2D eigenvalue weighted by Crippen LogP contribution is 2.10. The first-order valence-electron chi connectivity index (χ1n) is 3.46. The topological polar surface area (TPSA) is 0 Å². The Bertz CT molecular complexity index is 146. The van der Waals surface area contributed by atoms with E-state index in [4.69, 9.17) is 0 Å². The zero-order valence-electron chi connectivity index (χ0n) is 5.76. The summed E-state index contributed by atoms with van der Waals surface area (Å²) in [5, 5.41) is 2.14. The lowest BCUT2D eigenvalue weighted by Crippen LogP contribution is -1.77. The molecular weight excluding hydrogens is 127 g/mol. The lowest BCUT2D eigenvalue weighted by atomic mass is 10.0. The Kier molecular flexibility index (Phi) is 2.85. The van der Waals surface area contributed by atoms with Crippen molar-refractivity contribution >= 4 is 19.2 Å². The van der Waals surface area contributed by atoms with Gasteiger partial charge in [-0.1, -0.05) is 18.8 Å². The highest BCUT2D eigenvalue weighted by Gasteiger charge is 1.89. The molecule has 1 aromatic rings. The van der Waals surface area contributed by atoms with Crippen LogP contribution in [0, 0.1) is 0 Å². The van der Waals surface area contributed by atoms with E-state index in [2.05, 4.69) is 25.4 Å². The van der Waals surface area contributed by atoms with E-state index in [0.717, 1.165) is 0 Å². The summed E-state index contributed by atoms with van der Waals surface area (Å²) >= 11 is 1.86. The second-order valence-electron chi connectivity index (χ2n) is 2.18. The summed E-state index contributed by atoms with van der Waals surface area (Å²) in [6.45, 7) is 0. The molecule has 0 saturated heterocycles. The number of rotatable bonds is 3. The van der Waals surface area contributed by atoms with Crippen molar-refractivity contribution in [3.05, 3.63) is 22.4 Å². The minimum absolute atomic E-state index is 1.27. The van der Waals surface area contributed by atoms with E-state index in [1.54, 1.807) is 0 Å². The Hall–Kier alpha value is -0.235. The van der Waals surface area contributed by atoms with E-state index in [0.29, 0.717) is 0 Å². The Morgan fingerprint density at radius 2 is 2.44 bits per heavy atom. The van der Waals surface area contributed by atoms with Crippen molar-refractivity contribution in [1.29, 1.82) is 0 Å². The van der Waals surface area contributed by atoms with E-state index in [-0.39, 0.29) is 0 Å². The van der Waals surface area contributed by atoms with Gasteiger partial charge in [0.15, 0.2) is 0 Å². The summed E-state index contributed by atoms with van der Waals surface area (Å²) in [7, 11) is 2.23. The monoisotopic (exact) mass is 138 g/mol. The Morgan fingerprint density at radius 1 is 1.56 bits per heavy atom. The van der Waals surface area contributed by atoms with Crippen LogP contribution in [0.3, 0.4) is 0 Å². The van der Waals surface area contributed by atoms with E-state index < -0.39 is 0 Å². The zero-order valence-corrected chi connectivity index (χ0v) is 6.58. The van der Waals surface area contributed by atoms with Gasteiger partial charge in [-0.3, -0.25) is 0 Å². The average molecular weight is 138 g/mol. The van der Waals surface area contributed by atoms with E-state index in [1.807, 2.05) is 11.3 Å². The molecule has 1 heterocycles. The van der Waals surface area contributed by atoms with Gasteiger partial charge in [-0.2, -0.15) is 0 Å². The first kappa shape index (κ1) is 6.88. The maximum absolute atomic E-state index is 2.23. The smallest absolute Gasteiger partial charge is 0.101 e. The van der Waals surface area contributed by atoms with Crippen LogP contribution in [0.25, 0.3) is 0 Å². The SMILES string of the molecule is BCCCc1cccs1. The third kappa shape index (κ3) is 2.23. The Balaban J connectivity index is 2.30. The fourth-order valence-electron chi connectivity index (χ4n) is 0.806. The normalized spacial score (nSPS) is 9.78. The van der Waals surface area contributed by atoms with Crippen molar-refractivity contribution in [2.45, 2.75) is 19.2 Å². The second kappa shape index (κ2) is 3.73. The summed E-state index contributed by atoms with van der Waals surface area (Å²) < 4.78 is 0. The molecular formula is C7H11BS. The summed E-state index contributed by atoms with van der Waals surface area (Å²) in [5.41, 5.74) is 0. The van der Waals surface area contributed by atoms with Gasteiger partial charge >= 0.3 is 0 Å². The van der Waals surface area contributed by atoms with Gasteiger partial charge in [0.05, 0.1) is 0 Å². The van der Waals surface area contributed by atoms with Gasteiger partial charge in [0.2, 0.25) is 0 Å². The lowest BCUT2D eigenvalue weighted by molar-refractivity contribution is 0.937. The molecule has 0 N–H and O–H groups in total. The van der Waals surface area contributed by atoms with Crippen LogP contribution in [0.4, 0.5) is 0 Å². The van der Waals surface area contributed by atoms with Crippen LogP contribution in [0.15, 0.2) is 17.5 Å². The molecule has 0 amide bonds. The molecule has 0 aromatic carbocycles. The molecule has 0 fully saturated rings. The largest absolute Gasteiger partial charge is 0.149 e. The fraction of sp³-hybridized carbons (Fsp3) is 0.429. The first-order chi connectivity index (χ1) is 4.43. The van der Waals surface area contributed by atoms with Crippen LogP contribution in [0.2, 0.25) is 6.32 Å². The lowest BCUT2D eigenvalue weighted by Gasteiger charge is -1.90. The van der Waals surface area contributed by atoms with Crippen LogP contribution in [0.1, 0.15) is 11.3 Å². The van der Waals surface area contributed by atoms with Gasteiger partial charge in [-0.15, -0.1) is 11.3 Å². The van der Waals surface area contributed by atoms with Gasteiger partial charge in [0, 0.05) is 4.88 Å². The van der Waals surface area contributed by atoms with Crippen molar-refractivity contribution in [1.82, 2.24) is 0 Å². The molecule has 48 valence electrons. The maximum Gasteiger partial charge on any atom is 0.101 e. The Morgan fingerprint density at radius 3 is 3.00 bits per heavy atom. The standard InChI is InChI=1S/C7H11BS/c8-5-1-3-7-4-2-6-9-7/h2,4,6H,1,3,5,8H2. The summed E-state index contributed by atoms with van der Waals surface area (Å²) in [6, 6.07) is 4.33. The quantitative estimate of drug-likeness (QED) is 0.558. The number of aryl methyl sites for hydroxylation is 1. The minimum Gasteiger partial charge on any atom is -0.149 e. The van der Waals surface area contributed by atoms with Crippen molar-refractivity contribution in [2.24, 2.45) is 0 Å². The van der Waals surface area contributed by atoms with Gasteiger partial charge in [0.1, 0.15) is 7.85 Å². The fourth-order valence-corrected chi connectivity index (χ4v) is 1.56. The molecule has 0 unspecified atom stereocenters. The van der Waals surface area contributed by atoms with E-state index in [9.17, 15) is 0 Å². The molecule has 9 heavy (non-hydrogen) atoms. The summed E-state index contributed by atoms with van der Waals surface area (Å²) in [4.78, 5) is 1.52. The van der Waals surface area contributed by atoms with Crippen molar-refractivity contribution in [3.8, 4) is 0 Å². The van der Waals surface area contributed by atoms with Gasteiger partial charge in [-0.25, -0.2) is 0 Å². The van der Waals surface area contributed by atoms with Crippen molar-refractivity contribution in [3.63, 3.8) is 0 Å². The van der Waals surface area contributed by atoms with Crippen molar-refractivity contribution < 1.29 is 0 Å². The number of hydrogen-bond acceptors (Lipinski definition) is 1. The average Bonchev–Trinajstić information content (AvgIpc) is 2.34. The highest BCUT2D eigenvalue weighted by molar-refractivity contribution is 7.09. The Labute approximate surface area is 61.3 Å². The van der Waals surface area contributed by atoms with Crippen LogP contribution in [-0.4, -0.2) is 7.85 Å². The first-order valence-corrected chi connectivity index (χ1v) is 4.34. The molecule has 0 spiro atoms. The van der Waals surface area contributed by atoms with Gasteiger partial charge in [-0.05, 0) is 17.9 Å². The number of thiophene rings is 1. The molecule has 0 radical (unpaired) electrons. The maximum atomic E-state index is 2.23. The summed E-state index contributed by atoms with van der Waals surface area (Å²) in [5.74, 6) is 0. The van der Waals surface area contributed by atoms with Crippen LogP contribution in [-0.2, 0) is 6.42 Å². The molecule has 0 aliphatic carbocycles. The molecule has 2 heteroatoms.